The molecule has 0 unspecified atom stereocenters. The second kappa shape index (κ2) is 7.26. The van der Waals surface area contributed by atoms with Gasteiger partial charge in [-0.15, -0.1) is 0 Å². The van der Waals surface area contributed by atoms with Crippen molar-refractivity contribution in [3.05, 3.63) is 47.3 Å². The van der Waals surface area contributed by atoms with Gasteiger partial charge in [0.2, 0.25) is 5.91 Å². The van der Waals surface area contributed by atoms with Gasteiger partial charge >= 0.3 is 0 Å². The van der Waals surface area contributed by atoms with E-state index in [0.717, 1.165) is 37.7 Å². The summed E-state index contributed by atoms with van der Waals surface area (Å²) in [5.74, 6) is -0.156. The molecule has 1 aromatic carbocycles. The predicted octanol–water partition coefficient (Wildman–Crippen LogP) is 3.49. The van der Waals surface area contributed by atoms with E-state index in [1.165, 1.54) is 11.6 Å². The summed E-state index contributed by atoms with van der Waals surface area (Å²) in [7, 11) is 0. The monoisotopic (exact) mass is 317 g/mol. The maximum Gasteiger partial charge on any atom is 0.224 e. The average molecular weight is 317 g/mol. The van der Waals surface area contributed by atoms with Gasteiger partial charge in [-0.3, -0.25) is 4.79 Å². The molecular weight excluding hydrogens is 293 g/mol. The predicted molar refractivity (Wildman–Crippen MR) is 87.7 cm³/mol. The van der Waals surface area contributed by atoms with Gasteiger partial charge in [0.15, 0.2) is 0 Å². The number of halogens is 1. The molecule has 1 saturated heterocycles. The second-order valence-corrected chi connectivity index (χ2v) is 6.61. The lowest BCUT2D eigenvalue weighted by Gasteiger charge is -2.38. The quantitative estimate of drug-likeness (QED) is 0.844. The molecule has 0 saturated carbocycles. The number of benzene rings is 1. The molecule has 1 heterocycles. The number of allylic oxidation sites excluding steroid dienone is 1. The lowest BCUT2D eigenvalue weighted by molar-refractivity contribution is -0.121. The van der Waals surface area contributed by atoms with E-state index in [1.54, 1.807) is 12.1 Å². The van der Waals surface area contributed by atoms with Gasteiger partial charge in [-0.05, 0) is 49.8 Å². The molecule has 2 aliphatic rings. The van der Waals surface area contributed by atoms with Crippen LogP contribution in [0.25, 0.3) is 0 Å². The summed E-state index contributed by atoms with van der Waals surface area (Å²) in [6, 6.07) is 6.76. The van der Waals surface area contributed by atoms with E-state index >= 15 is 0 Å². The molecule has 1 fully saturated rings. The molecule has 0 aromatic heterocycles. The third-order valence-corrected chi connectivity index (χ3v) is 5.03. The van der Waals surface area contributed by atoms with Crippen molar-refractivity contribution < 1.29 is 13.9 Å². The highest BCUT2D eigenvalue weighted by molar-refractivity contribution is 5.78. The van der Waals surface area contributed by atoms with E-state index in [2.05, 4.69) is 11.4 Å². The zero-order chi connectivity index (χ0) is 16.1. The van der Waals surface area contributed by atoms with Crippen molar-refractivity contribution in [2.24, 2.45) is 0 Å². The Balaban J connectivity index is 1.68. The Labute approximate surface area is 136 Å². The van der Waals surface area contributed by atoms with Gasteiger partial charge in [0.05, 0.1) is 0 Å². The van der Waals surface area contributed by atoms with Gasteiger partial charge in [0.25, 0.3) is 0 Å². The maximum absolute atomic E-state index is 13.6. The SMILES string of the molecule is O=C(CC1=CCCC1)NCC1(c2cccc(F)c2)CCOCC1. The number of carbonyl (C=O) groups is 1. The van der Waals surface area contributed by atoms with Crippen molar-refractivity contribution in [1.82, 2.24) is 5.32 Å². The fraction of sp³-hybridized carbons (Fsp3) is 0.526. The normalized spacial score (nSPS) is 20.1. The molecule has 1 aromatic rings. The Kier molecular flexibility index (Phi) is 5.11. The van der Waals surface area contributed by atoms with E-state index in [-0.39, 0.29) is 17.1 Å². The van der Waals surface area contributed by atoms with E-state index in [0.29, 0.717) is 26.2 Å². The van der Waals surface area contributed by atoms with Gasteiger partial charge in [0, 0.05) is 31.6 Å². The molecule has 0 bridgehead atoms. The summed E-state index contributed by atoms with van der Waals surface area (Å²) in [4.78, 5) is 12.2. The van der Waals surface area contributed by atoms with E-state index < -0.39 is 0 Å². The topological polar surface area (TPSA) is 38.3 Å². The van der Waals surface area contributed by atoms with Gasteiger partial charge in [-0.25, -0.2) is 4.39 Å². The molecule has 1 N–H and O–H groups in total. The molecule has 3 nitrogen and oxygen atoms in total. The Morgan fingerprint density at radius 2 is 2.13 bits per heavy atom. The van der Waals surface area contributed by atoms with Crippen LogP contribution < -0.4 is 5.32 Å². The summed E-state index contributed by atoms with van der Waals surface area (Å²) in [5.41, 5.74) is 1.98. The van der Waals surface area contributed by atoms with Crippen molar-refractivity contribution >= 4 is 5.91 Å². The van der Waals surface area contributed by atoms with E-state index in [4.69, 9.17) is 4.74 Å². The lowest BCUT2D eigenvalue weighted by atomic mass is 9.74. The van der Waals surface area contributed by atoms with Crippen LogP contribution in [0.15, 0.2) is 35.9 Å². The summed E-state index contributed by atoms with van der Waals surface area (Å²) >= 11 is 0. The van der Waals surface area contributed by atoms with Crippen LogP contribution in [-0.4, -0.2) is 25.7 Å². The Morgan fingerprint density at radius 1 is 1.30 bits per heavy atom. The maximum atomic E-state index is 13.6. The minimum Gasteiger partial charge on any atom is -0.381 e. The van der Waals surface area contributed by atoms with Crippen molar-refractivity contribution in [3.63, 3.8) is 0 Å². The molecule has 124 valence electrons. The summed E-state index contributed by atoms with van der Waals surface area (Å²) < 4.78 is 19.1. The number of carbonyl (C=O) groups excluding carboxylic acids is 1. The molecule has 1 amide bonds. The highest BCUT2D eigenvalue weighted by Gasteiger charge is 2.35. The number of hydrogen-bond acceptors (Lipinski definition) is 2. The fourth-order valence-corrected chi connectivity index (χ4v) is 3.58. The molecule has 1 aliphatic heterocycles. The highest BCUT2D eigenvalue weighted by Crippen LogP contribution is 2.34. The van der Waals surface area contributed by atoms with Crippen LogP contribution >= 0.6 is 0 Å². The third-order valence-electron chi connectivity index (χ3n) is 5.03. The summed E-state index contributed by atoms with van der Waals surface area (Å²) in [5, 5.41) is 3.08. The van der Waals surface area contributed by atoms with Crippen molar-refractivity contribution in [3.8, 4) is 0 Å². The lowest BCUT2D eigenvalue weighted by Crippen LogP contribution is -2.44. The van der Waals surface area contributed by atoms with E-state index in [9.17, 15) is 9.18 Å². The van der Waals surface area contributed by atoms with Crippen LogP contribution in [0.1, 0.15) is 44.1 Å². The number of amides is 1. The Hall–Kier alpha value is -1.68. The van der Waals surface area contributed by atoms with Crippen molar-refractivity contribution in [1.29, 1.82) is 0 Å². The molecule has 0 atom stereocenters. The minimum absolute atomic E-state index is 0.0698. The molecule has 3 rings (SSSR count). The largest absolute Gasteiger partial charge is 0.381 e. The molecule has 0 radical (unpaired) electrons. The van der Waals surface area contributed by atoms with Crippen LogP contribution in [0.3, 0.4) is 0 Å². The molecule has 4 heteroatoms. The minimum atomic E-state index is -0.226. The van der Waals surface area contributed by atoms with Gasteiger partial charge < -0.3 is 10.1 Å². The molecule has 23 heavy (non-hydrogen) atoms. The average Bonchev–Trinajstić information content (AvgIpc) is 3.07. The first-order valence-electron chi connectivity index (χ1n) is 8.46. The number of hydrogen-bond donors (Lipinski definition) is 1. The number of nitrogens with one attached hydrogen (secondary N) is 1. The van der Waals surface area contributed by atoms with Crippen LogP contribution in [0, 0.1) is 5.82 Å². The highest BCUT2D eigenvalue weighted by atomic mass is 19.1. The molecule has 1 aliphatic carbocycles. The van der Waals surface area contributed by atoms with Crippen LogP contribution in [0.4, 0.5) is 4.39 Å². The standard InChI is InChI=1S/C19H24FNO2/c20-17-7-3-6-16(13-17)19(8-10-23-11-9-19)14-21-18(22)12-15-4-1-2-5-15/h3-4,6-7,13H,1-2,5,8-12,14H2,(H,21,22). The third kappa shape index (κ3) is 3.99. The first kappa shape index (κ1) is 16.2. The second-order valence-electron chi connectivity index (χ2n) is 6.61. The zero-order valence-electron chi connectivity index (χ0n) is 13.4. The van der Waals surface area contributed by atoms with E-state index in [1.807, 2.05) is 6.07 Å². The van der Waals surface area contributed by atoms with Gasteiger partial charge in [0.1, 0.15) is 5.82 Å². The fourth-order valence-electron chi connectivity index (χ4n) is 3.58. The number of rotatable bonds is 5. The Morgan fingerprint density at radius 3 is 2.83 bits per heavy atom. The van der Waals surface area contributed by atoms with Gasteiger partial charge in [-0.1, -0.05) is 23.8 Å². The smallest absolute Gasteiger partial charge is 0.224 e. The molecule has 0 spiro atoms. The van der Waals surface area contributed by atoms with Crippen LogP contribution in [-0.2, 0) is 14.9 Å². The molecular formula is C19H24FNO2. The van der Waals surface area contributed by atoms with Gasteiger partial charge in [-0.2, -0.15) is 0 Å². The van der Waals surface area contributed by atoms with Crippen molar-refractivity contribution in [2.75, 3.05) is 19.8 Å². The van der Waals surface area contributed by atoms with Crippen LogP contribution in [0.5, 0.6) is 0 Å². The van der Waals surface area contributed by atoms with Crippen LogP contribution in [0.2, 0.25) is 0 Å². The summed E-state index contributed by atoms with van der Waals surface area (Å²) in [6.45, 7) is 1.85. The van der Waals surface area contributed by atoms with Crippen molar-refractivity contribution in [2.45, 2.75) is 43.9 Å². The summed E-state index contributed by atoms with van der Waals surface area (Å²) in [6.07, 6.45) is 7.57. The first-order chi connectivity index (χ1) is 11.2. The first-order valence-corrected chi connectivity index (χ1v) is 8.46. The Bertz CT molecular complexity index is 591. The zero-order valence-corrected chi connectivity index (χ0v) is 13.4. The number of ether oxygens (including phenoxy) is 1.